The second-order valence-electron chi connectivity index (χ2n) is 4.56. The van der Waals surface area contributed by atoms with Crippen molar-refractivity contribution in [2.75, 3.05) is 14.2 Å². The molecule has 2 rings (SSSR count). The summed E-state index contributed by atoms with van der Waals surface area (Å²) in [6, 6.07) is 11.8. The van der Waals surface area contributed by atoms with E-state index in [1.807, 2.05) is 18.2 Å². The summed E-state index contributed by atoms with van der Waals surface area (Å²) in [6.45, 7) is 0. The van der Waals surface area contributed by atoms with Crippen LogP contribution in [0, 0.1) is 0 Å². The van der Waals surface area contributed by atoms with Gasteiger partial charge >= 0.3 is 5.97 Å². The van der Waals surface area contributed by atoms with Gasteiger partial charge in [0.25, 0.3) is 0 Å². The van der Waals surface area contributed by atoms with E-state index in [9.17, 15) is 9.59 Å². The number of ether oxygens (including phenoxy) is 3. The SMILES string of the molecule is COc1cccc(/C=C/C(=O)Oc2ccc(C=O)cc2OC)c1. The Balaban J connectivity index is 2.09. The van der Waals surface area contributed by atoms with Crippen molar-refractivity contribution < 1.29 is 23.8 Å². The Morgan fingerprint density at radius 1 is 0.957 bits per heavy atom. The Hall–Kier alpha value is -3.08. The van der Waals surface area contributed by atoms with Gasteiger partial charge in [0.1, 0.15) is 12.0 Å². The Labute approximate surface area is 134 Å². The van der Waals surface area contributed by atoms with Crippen molar-refractivity contribution in [2.45, 2.75) is 0 Å². The highest BCUT2D eigenvalue weighted by Gasteiger charge is 2.08. The van der Waals surface area contributed by atoms with Crippen molar-refractivity contribution in [1.29, 1.82) is 0 Å². The Morgan fingerprint density at radius 3 is 2.48 bits per heavy atom. The van der Waals surface area contributed by atoms with E-state index in [-0.39, 0.29) is 5.75 Å². The number of benzene rings is 2. The highest BCUT2D eigenvalue weighted by Crippen LogP contribution is 2.27. The van der Waals surface area contributed by atoms with Gasteiger partial charge in [-0.2, -0.15) is 0 Å². The largest absolute Gasteiger partial charge is 0.497 e. The van der Waals surface area contributed by atoms with E-state index in [4.69, 9.17) is 14.2 Å². The van der Waals surface area contributed by atoms with Gasteiger partial charge in [0.05, 0.1) is 14.2 Å². The van der Waals surface area contributed by atoms with Gasteiger partial charge in [-0.25, -0.2) is 4.79 Å². The lowest BCUT2D eigenvalue weighted by molar-refractivity contribution is -0.129. The van der Waals surface area contributed by atoms with Crippen molar-refractivity contribution in [3.05, 3.63) is 59.7 Å². The number of esters is 1. The van der Waals surface area contributed by atoms with E-state index >= 15 is 0 Å². The molecule has 0 aromatic heterocycles. The summed E-state index contributed by atoms with van der Waals surface area (Å²) in [5.74, 6) is 0.715. The van der Waals surface area contributed by atoms with Crippen LogP contribution in [-0.2, 0) is 4.79 Å². The van der Waals surface area contributed by atoms with Gasteiger partial charge in [-0.3, -0.25) is 4.79 Å². The third-order valence-electron chi connectivity index (χ3n) is 3.04. The highest BCUT2D eigenvalue weighted by atomic mass is 16.6. The van der Waals surface area contributed by atoms with Gasteiger partial charge in [0, 0.05) is 11.6 Å². The monoisotopic (exact) mass is 312 g/mol. The Bertz CT molecular complexity index is 734. The van der Waals surface area contributed by atoms with Crippen molar-refractivity contribution in [1.82, 2.24) is 0 Å². The molecule has 0 saturated heterocycles. The Kier molecular flexibility index (Phi) is 5.52. The predicted molar refractivity (Wildman–Crippen MR) is 86.0 cm³/mol. The molecule has 0 aliphatic heterocycles. The minimum absolute atomic E-state index is 0.249. The summed E-state index contributed by atoms with van der Waals surface area (Å²) < 4.78 is 15.4. The average Bonchev–Trinajstić information content (AvgIpc) is 2.60. The van der Waals surface area contributed by atoms with Crippen LogP contribution < -0.4 is 14.2 Å². The summed E-state index contributed by atoms with van der Waals surface area (Å²) in [6.07, 6.45) is 3.62. The van der Waals surface area contributed by atoms with Crippen LogP contribution in [0.15, 0.2) is 48.5 Å². The summed E-state index contributed by atoms with van der Waals surface area (Å²) >= 11 is 0. The molecule has 2 aromatic carbocycles. The number of carbonyl (C=O) groups excluding carboxylic acids is 2. The molecule has 0 amide bonds. The Morgan fingerprint density at radius 2 is 1.78 bits per heavy atom. The fourth-order valence-corrected chi connectivity index (χ4v) is 1.89. The van der Waals surface area contributed by atoms with Crippen LogP contribution >= 0.6 is 0 Å². The van der Waals surface area contributed by atoms with E-state index < -0.39 is 5.97 Å². The lowest BCUT2D eigenvalue weighted by Crippen LogP contribution is -2.05. The average molecular weight is 312 g/mol. The highest BCUT2D eigenvalue weighted by molar-refractivity contribution is 5.89. The fraction of sp³-hybridized carbons (Fsp3) is 0.111. The smallest absolute Gasteiger partial charge is 0.336 e. The lowest BCUT2D eigenvalue weighted by atomic mass is 10.2. The van der Waals surface area contributed by atoms with Crippen LogP contribution in [0.4, 0.5) is 0 Å². The first-order valence-electron chi connectivity index (χ1n) is 6.83. The molecule has 5 heteroatoms. The molecule has 0 fully saturated rings. The van der Waals surface area contributed by atoms with Crippen LogP contribution in [0.25, 0.3) is 6.08 Å². The van der Waals surface area contributed by atoms with E-state index in [0.717, 1.165) is 5.56 Å². The van der Waals surface area contributed by atoms with Crippen molar-refractivity contribution in [3.8, 4) is 17.2 Å². The van der Waals surface area contributed by atoms with Gasteiger partial charge in [-0.15, -0.1) is 0 Å². The van der Waals surface area contributed by atoms with Crippen molar-refractivity contribution in [2.24, 2.45) is 0 Å². The standard InChI is InChI=1S/C18H16O5/c1-21-15-5-3-4-13(10-15)7-9-18(20)23-16-8-6-14(12-19)11-17(16)22-2/h3-12H,1-2H3/b9-7+. The number of rotatable bonds is 6. The number of aldehydes is 1. The van der Waals surface area contributed by atoms with E-state index in [2.05, 4.69) is 0 Å². The molecule has 0 aliphatic rings. The third kappa shape index (κ3) is 4.44. The fourth-order valence-electron chi connectivity index (χ4n) is 1.89. The third-order valence-corrected chi connectivity index (χ3v) is 3.04. The number of carbonyl (C=O) groups is 2. The molecule has 0 aliphatic carbocycles. The normalized spacial score (nSPS) is 10.3. The lowest BCUT2D eigenvalue weighted by Gasteiger charge is -2.08. The first-order chi connectivity index (χ1) is 11.2. The molecule has 0 bridgehead atoms. The maximum Gasteiger partial charge on any atom is 0.336 e. The molecule has 0 spiro atoms. The van der Waals surface area contributed by atoms with E-state index in [1.54, 1.807) is 25.3 Å². The molecular weight excluding hydrogens is 296 g/mol. The first kappa shape index (κ1) is 16.3. The maximum absolute atomic E-state index is 11.9. The molecule has 0 unspecified atom stereocenters. The van der Waals surface area contributed by atoms with E-state index in [0.29, 0.717) is 23.3 Å². The number of methoxy groups -OCH3 is 2. The van der Waals surface area contributed by atoms with E-state index in [1.165, 1.54) is 25.3 Å². The van der Waals surface area contributed by atoms with Crippen LogP contribution in [0.5, 0.6) is 17.2 Å². The zero-order valence-corrected chi connectivity index (χ0v) is 12.8. The van der Waals surface area contributed by atoms with Crippen molar-refractivity contribution in [3.63, 3.8) is 0 Å². The predicted octanol–water partition coefficient (Wildman–Crippen LogP) is 3.14. The number of hydrogen-bond acceptors (Lipinski definition) is 5. The zero-order chi connectivity index (χ0) is 16.7. The second kappa shape index (κ2) is 7.79. The van der Waals surface area contributed by atoms with Gasteiger partial charge in [0.2, 0.25) is 0 Å². The quantitative estimate of drug-likeness (QED) is 0.355. The molecule has 2 aromatic rings. The molecule has 0 saturated carbocycles. The number of hydrogen-bond donors (Lipinski definition) is 0. The van der Waals surface area contributed by atoms with Gasteiger partial charge in [-0.05, 0) is 42.0 Å². The maximum atomic E-state index is 11.9. The minimum Gasteiger partial charge on any atom is -0.497 e. The van der Waals surface area contributed by atoms with Crippen LogP contribution in [0.3, 0.4) is 0 Å². The second-order valence-corrected chi connectivity index (χ2v) is 4.56. The summed E-state index contributed by atoms with van der Waals surface area (Å²) in [5, 5.41) is 0. The molecule has 0 radical (unpaired) electrons. The van der Waals surface area contributed by atoms with Crippen LogP contribution in [0.1, 0.15) is 15.9 Å². The van der Waals surface area contributed by atoms with Gasteiger partial charge in [-0.1, -0.05) is 12.1 Å². The zero-order valence-electron chi connectivity index (χ0n) is 12.8. The summed E-state index contributed by atoms with van der Waals surface area (Å²) in [4.78, 5) is 22.6. The molecule has 0 N–H and O–H groups in total. The molecule has 0 heterocycles. The van der Waals surface area contributed by atoms with Crippen LogP contribution in [0.2, 0.25) is 0 Å². The molecular formula is C18H16O5. The summed E-state index contributed by atoms with van der Waals surface area (Å²) in [7, 11) is 3.01. The van der Waals surface area contributed by atoms with Crippen molar-refractivity contribution >= 4 is 18.3 Å². The molecule has 0 atom stereocenters. The molecule has 118 valence electrons. The molecule has 23 heavy (non-hydrogen) atoms. The topological polar surface area (TPSA) is 61.8 Å². The first-order valence-corrected chi connectivity index (χ1v) is 6.83. The minimum atomic E-state index is -0.551. The van der Waals surface area contributed by atoms with Gasteiger partial charge in [0.15, 0.2) is 11.5 Å². The summed E-state index contributed by atoms with van der Waals surface area (Å²) in [5.41, 5.74) is 1.25. The molecule has 5 nitrogen and oxygen atoms in total. The van der Waals surface area contributed by atoms with Crippen LogP contribution in [-0.4, -0.2) is 26.5 Å². The van der Waals surface area contributed by atoms with Gasteiger partial charge < -0.3 is 14.2 Å².